The topological polar surface area (TPSA) is 153 Å². The second-order valence-electron chi connectivity index (χ2n) is 20.6. The van der Waals surface area contributed by atoms with Gasteiger partial charge in [0.05, 0.1) is 34.9 Å². The van der Waals surface area contributed by atoms with Crippen LogP contribution < -0.4 is 10.6 Å². The van der Waals surface area contributed by atoms with Crippen molar-refractivity contribution in [2.75, 3.05) is 25.1 Å². The van der Waals surface area contributed by atoms with E-state index in [0.29, 0.717) is 28.7 Å². The zero-order valence-electron chi connectivity index (χ0n) is 44.3. The highest BCUT2D eigenvalue weighted by atomic mass is 35.5. The fraction of sp³-hybridized carbons (Fsp3) is 0.877. The summed E-state index contributed by atoms with van der Waals surface area (Å²) in [5, 5.41) is 62.0. The number of rotatable bonds is 47. The summed E-state index contributed by atoms with van der Waals surface area (Å²) >= 11 is 17.4. The number of unbranched alkanes of at least 4 members (excludes halogenated alkanes) is 34. The predicted molar refractivity (Wildman–Crippen MR) is 297 cm³/mol. The standard InChI is InChI=1S/C57H104Cl2N2O8S/c1-3-5-7-9-11-13-15-17-18-19-20-21-22-23-24-25-26-27-28-30-32-34-36-38-42-60-49(52(63)50(62)39-37-35-33-31-29-16-14-12-10-8-6-4-2)44-67-56-55(66)54(65)53(64)51(69-56)45-68-57(70)61-46-40-41-47(58)48(59)43-46/h40-41,43,49-56,60,62-66H,3-39,42,44-45H2,1-2H3,(H,61,70)/t49-,50+,51+,52-,53-,54-,55+,56+/m0/s1. The molecule has 0 spiro atoms. The molecule has 13 heteroatoms. The van der Waals surface area contributed by atoms with Crippen LogP contribution in [0.5, 0.6) is 0 Å². The van der Waals surface area contributed by atoms with E-state index in [4.69, 9.17) is 49.6 Å². The maximum Gasteiger partial charge on any atom is 0.261 e. The quantitative estimate of drug-likeness (QED) is 0.0247. The lowest BCUT2D eigenvalue weighted by molar-refractivity contribution is -0.302. The van der Waals surface area contributed by atoms with Crippen LogP contribution in [0.4, 0.5) is 5.69 Å². The Bertz CT molecular complexity index is 1370. The van der Waals surface area contributed by atoms with Gasteiger partial charge < -0.3 is 50.4 Å². The molecule has 0 amide bonds. The number of anilines is 1. The molecule has 0 radical (unpaired) electrons. The number of hydrogen-bond donors (Lipinski definition) is 7. The lowest BCUT2D eigenvalue weighted by atomic mass is 9.98. The van der Waals surface area contributed by atoms with Gasteiger partial charge in [0.2, 0.25) is 0 Å². The van der Waals surface area contributed by atoms with Gasteiger partial charge in [0.1, 0.15) is 31.0 Å². The lowest BCUT2D eigenvalue weighted by Crippen LogP contribution is -2.60. The van der Waals surface area contributed by atoms with E-state index in [-0.39, 0.29) is 18.4 Å². The molecular formula is C57H104Cl2N2O8S. The monoisotopic (exact) mass is 1050 g/mol. The van der Waals surface area contributed by atoms with Crippen molar-refractivity contribution in [3.05, 3.63) is 28.2 Å². The van der Waals surface area contributed by atoms with Crippen LogP contribution in [0.3, 0.4) is 0 Å². The van der Waals surface area contributed by atoms with Crippen molar-refractivity contribution in [3.8, 4) is 0 Å². The third kappa shape index (κ3) is 32.5. The molecule has 410 valence electrons. The van der Waals surface area contributed by atoms with Gasteiger partial charge in [-0.15, -0.1) is 0 Å². The minimum absolute atomic E-state index is 0.0254. The van der Waals surface area contributed by atoms with Crippen molar-refractivity contribution >= 4 is 46.3 Å². The van der Waals surface area contributed by atoms with Gasteiger partial charge in [-0.05, 0) is 49.8 Å². The molecular weight excluding hydrogens is 944 g/mol. The molecule has 0 aromatic heterocycles. The van der Waals surface area contributed by atoms with Crippen LogP contribution in [-0.2, 0) is 14.2 Å². The first-order chi connectivity index (χ1) is 34.1. The summed E-state index contributed by atoms with van der Waals surface area (Å²) in [6, 6.07) is 4.23. The SMILES string of the molecule is CCCCCCCCCCCCCCCCCCCCCCCCCCN[C@@H](CO[C@@H]1O[C@H](COC(=S)Nc2ccc(Cl)c(Cl)c2)[C@H](O)[C@H](O)[C@H]1O)[C@H](O)[C@H](O)CCCCCCCCCCCCCC. The Labute approximate surface area is 442 Å². The molecule has 0 saturated carbocycles. The molecule has 1 saturated heterocycles. The number of thiocarbonyl (C=S) groups is 1. The van der Waals surface area contributed by atoms with Crippen molar-refractivity contribution in [1.82, 2.24) is 5.32 Å². The third-order valence-corrected chi connectivity index (χ3v) is 15.2. The summed E-state index contributed by atoms with van der Waals surface area (Å²) in [6.07, 6.45) is 38.2. The number of nitrogens with one attached hydrogen (secondary N) is 2. The third-order valence-electron chi connectivity index (χ3n) is 14.3. The molecule has 8 atom stereocenters. The van der Waals surface area contributed by atoms with Crippen LogP contribution in [0, 0.1) is 0 Å². The molecule has 1 aromatic carbocycles. The van der Waals surface area contributed by atoms with Gasteiger partial charge in [-0.1, -0.05) is 262 Å². The Kier molecular flexibility index (Phi) is 41.5. The summed E-state index contributed by atoms with van der Waals surface area (Å²) in [7, 11) is 0. The second kappa shape index (κ2) is 44.5. The van der Waals surface area contributed by atoms with Crippen molar-refractivity contribution in [3.63, 3.8) is 0 Å². The molecule has 1 heterocycles. The van der Waals surface area contributed by atoms with E-state index in [0.717, 1.165) is 38.5 Å². The van der Waals surface area contributed by atoms with Crippen molar-refractivity contribution in [2.45, 2.75) is 300 Å². The molecule has 0 aliphatic carbocycles. The molecule has 0 unspecified atom stereocenters. The number of halogens is 2. The number of benzene rings is 1. The Morgan fingerprint density at radius 3 is 1.41 bits per heavy atom. The molecule has 7 N–H and O–H groups in total. The molecule has 1 aromatic rings. The number of aliphatic hydroxyl groups excluding tert-OH is 5. The van der Waals surface area contributed by atoms with Crippen molar-refractivity contribution in [1.29, 1.82) is 0 Å². The van der Waals surface area contributed by atoms with Gasteiger partial charge in [0.15, 0.2) is 6.29 Å². The van der Waals surface area contributed by atoms with Gasteiger partial charge in [0, 0.05) is 5.69 Å². The summed E-state index contributed by atoms with van der Waals surface area (Å²) in [4.78, 5) is 0. The van der Waals surface area contributed by atoms with Crippen LogP contribution in [0.15, 0.2) is 18.2 Å². The first-order valence-corrected chi connectivity index (χ1v) is 30.0. The Morgan fingerprint density at radius 2 is 0.986 bits per heavy atom. The van der Waals surface area contributed by atoms with Gasteiger partial charge in [-0.2, -0.15) is 0 Å². The van der Waals surface area contributed by atoms with Crippen molar-refractivity contribution < 1.29 is 39.7 Å². The average Bonchev–Trinajstić information content (AvgIpc) is 3.35. The van der Waals surface area contributed by atoms with E-state index in [1.54, 1.807) is 18.2 Å². The van der Waals surface area contributed by atoms with Crippen LogP contribution >= 0.6 is 35.4 Å². The van der Waals surface area contributed by atoms with E-state index < -0.39 is 49.0 Å². The highest BCUT2D eigenvalue weighted by Crippen LogP contribution is 2.27. The number of hydrogen-bond acceptors (Lipinski definition) is 10. The molecule has 1 aliphatic heterocycles. The molecule has 1 aliphatic rings. The highest BCUT2D eigenvalue weighted by Gasteiger charge is 2.45. The van der Waals surface area contributed by atoms with Gasteiger partial charge in [0.25, 0.3) is 5.17 Å². The molecule has 70 heavy (non-hydrogen) atoms. The molecule has 2 rings (SSSR count). The van der Waals surface area contributed by atoms with Crippen LogP contribution in [0.1, 0.15) is 251 Å². The second-order valence-corrected chi connectivity index (χ2v) is 21.8. The Balaban J connectivity index is 1.70. The molecule has 1 fully saturated rings. The minimum Gasteiger partial charge on any atom is -0.468 e. The summed E-state index contributed by atoms with van der Waals surface area (Å²) < 4.78 is 17.6. The van der Waals surface area contributed by atoms with Crippen LogP contribution in [0.2, 0.25) is 10.0 Å². The van der Waals surface area contributed by atoms with Gasteiger partial charge in [-0.25, -0.2) is 0 Å². The number of aliphatic hydroxyl groups is 5. The van der Waals surface area contributed by atoms with Gasteiger partial charge >= 0.3 is 0 Å². The van der Waals surface area contributed by atoms with Crippen LogP contribution in [-0.4, -0.2) is 99.4 Å². The predicted octanol–water partition coefficient (Wildman–Crippen LogP) is 14.7. The maximum atomic E-state index is 11.4. The minimum atomic E-state index is -1.59. The maximum absolute atomic E-state index is 11.4. The van der Waals surface area contributed by atoms with Crippen LogP contribution in [0.25, 0.3) is 0 Å². The fourth-order valence-corrected chi connectivity index (χ4v) is 10.0. The summed E-state index contributed by atoms with van der Waals surface area (Å²) in [5.74, 6) is 0. The number of ether oxygens (including phenoxy) is 3. The Hall–Kier alpha value is -0.830. The van der Waals surface area contributed by atoms with Crippen molar-refractivity contribution in [2.24, 2.45) is 0 Å². The summed E-state index contributed by atoms with van der Waals surface area (Å²) in [5.41, 5.74) is 0.547. The zero-order valence-corrected chi connectivity index (χ0v) is 46.6. The molecule has 10 nitrogen and oxygen atoms in total. The van der Waals surface area contributed by atoms with E-state index in [2.05, 4.69) is 24.5 Å². The van der Waals surface area contributed by atoms with E-state index >= 15 is 0 Å². The highest BCUT2D eigenvalue weighted by molar-refractivity contribution is 7.80. The average molecular weight is 1050 g/mol. The molecule has 0 bridgehead atoms. The smallest absolute Gasteiger partial charge is 0.261 e. The zero-order chi connectivity index (χ0) is 50.9. The first kappa shape index (κ1) is 65.3. The Morgan fingerprint density at radius 1 is 0.571 bits per heavy atom. The normalized spacial score (nSPS) is 19.6. The lowest BCUT2D eigenvalue weighted by Gasteiger charge is -2.40. The largest absolute Gasteiger partial charge is 0.468 e. The van der Waals surface area contributed by atoms with Gasteiger partial charge in [-0.3, -0.25) is 0 Å². The van der Waals surface area contributed by atoms with E-state index in [1.165, 1.54) is 193 Å². The first-order valence-electron chi connectivity index (χ1n) is 28.9. The van der Waals surface area contributed by atoms with E-state index in [1.807, 2.05) is 0 Å². The summed E-state index contributed by atoms with van der Waals surface area (Å²) in [6.45, 7) is 4.81. The van der Waals surface area contributed by atoms with E-state index in [9.17, 15) is 25.5 Å². The fourth-order valence-electron chi connectivity index (χ4n) is 9.56.